The van der Waals surface area contributed by atoms with Crippen molar-refractivity contribution in [1.29, 1.82) is 0 Å². The Kier molecular flexibility index (Phi) is 4.54. The maximum Gasteiger partial charge on any atom is 0.161 e. The minimum Gasteiger partial charge on any atom is -0.402 e. The normalized spacial score (nSPS) is 11.5. The molecule has 0 saturated carbocycles. The van der Waals surface area contributed by atoms with Gasteiger partial charge in [0.05, 0.1) is 0 Å². The number of ketones is 1. The second-order valence-electron chi connectivity index (χ2n) is 3.31. The van der Waals surface area contributed by atoms with Gasteiger partial charge < -0.3 is 5.73 Å². The Labute approximate surface area is 106 Å². The monoisotopic (exact) mass is 331 g/mol. The number of allylic oxidation sites excluding steroid dienone is 2. The SMILES string of the molecule is C/C(N)=C/C(=O)Cc1cc(Br)cc(Br)c1. The topological polar surface area (TPSA) is 43.1 Å². The smallest absolute Gasteiger partial charge is 0.161 e. The van der Waals surface area contributed by atoms with Crippen LogP contribution in [0.3, 0.4) is 0 Å². The summed E-state index contributed by atoms with van der Waals surface area (Å²) >= 11 is 6.74. The molecule has 0 radical (unpaired) electrons. The lowest BCUT2D eigenvalue weighted by molar-refractivity contribution is -0.114. The third-order valence-electron chi connectivity index (χ3n) is 1.69. The molecule has 1 rings (SSSR count). The second kappa shape index (κ2) is 5.47. The molecular formula is C11H11Br2NO. The molecule has 0 saturated heterocycles. The molecular weight excluding hydrogens is 322 g/mol. The Morgan fingerprint density at radius 1 is 1.33 bits per heavy atom. The fourth-order valence-electron chi connectivity index (χ4n) is 1.22. The Bertz CT molecular complexity index is 389. The largest absolute Gasteiger partial charge is 0.402 e. The van der Waals surface area contributed by atoms with Crippen molar-refractivity contribution in [3.05, 3.63) is 44.5 Å². The van der Waals surface area contributed by atoms with Crippen LogP contribution in [-0.4, -0.2) is 5.78 Å². The van der Waals surface area contributed by atoms with E-state index in [9.17, 15) is 4.79 Å². The van der Waals surface area contributed by atoms with Gasteiger partial charge in [0.25, 0.3) is 0 Å². The average Bonchev–Trinajstić information content (AvgIpc) is 1.98. The van der Waals surface area contributed by atoms with Crippen LogP contribution in [0.5, 0.6) is 0 Å². The van der Waals surface area contributed by atoms with Gasteiger partial charge in [-0.3, -0.25) is 4.79 Å². The maximum absolute atomic E-state index is 11.5. The van der Waals surface area contributed by atoms with Gasteiger partial charge in [-0.25, -0.2) is 0 Å². The van der Waals surface area contributed by atoms with Gasteiger partial charge in [0.2, 0.25) is 0 Å². The van der Waals surface area contributed by atoms with Gasteiger partial charge in [-0.15, -0.1) is 0 Å². The summed E-state index contributed by atoms with van der Waals surface area (Å²) in [5.74, 6) is 0.0139. The molecule has 0 bridgehead atoms. The zero-order valence-electron chi connectivity index (χ0n) is 8.26. The van der Waals surface area contributed by atoms with Crippen molar-refractivity contribution in [1.82, 2.24) is 0 Å². The zero-order valence-corrected chi connectivity index (χ0v) is 11.4. The van der Waals surface area contributed by atoms with Gasteiger partial charge in [-0.05, 0) is 36.8 Å². The van der Waals surface area contributed by atoms with Gasteiger partial charge >= 0.3 is 0 Å². The first kappa shape index (κ1) is 12.5. The van der Waals surface area contributed by atoms with Crippen molar-refractivity contribution in [2.45, 2.75) is 13.3 Å². The number of rotatable bonds is 3. The fraction of sp³-hybridized carbons (Fsp3) is 0.182. The molecule has 0 heterocycles. The Balaban J connectivity index is 2.81. The summed E-state index contributed by atoms with van der Waals surface area (Å²) in [6, 6.07) is 5.77. The minimum absolute atomic E-state index is 0.0139. The highest BCUT2D eigenvalue weighted by molar-refractivity contribution is 9.11. The lowest BCUT2D eigenvalue weighted by Crippen LogP contribution is -2.02. The summed E-state index contributed by atoms with van der Waals surface area (Å²) in [7, 11) is 0. The molecule has 0 unspecified atom stereocenters. The first-order valence-corrected chi connectivity index (χ1v) is 5.97. The first-order chi connectivity index (χ1) is 6.97. The highest BCUT2D eigenvalue weighted by Crippen LogP contribution is 2.20. The van der Waals surface area contributed by atoms with Gasteiger partial charge in [0.15, 0.2) is 5.78 Å². The molecule has 0 spiro atoms. The molecule has 0 aliphatic heterocycles. The van der Waals surface area contributed by atoms with Crippen LogP contribution in [0.2, 0.25) is 0 Å². The fourth-order valence-corrected chi connectivity index (χ4v) is 2.61. The molecule has 1 aromatic carbocycles. The molecule has 0 atom stereocenters. The number of carbonyl (C=O) groups excluding carboxylic acids is 1. The van der Waals surface area contributed by atoms with E-state index < -0.39 is 0 Å². The summed E-state index contributed by atoms with van der Waals surface area (Å²) in [6.45, 7) is 1.70. The molecule has 4 heteroatoms. The number of benzene rings is 1. The van der Waals surface area contributed by atoms with Crippen molar-refractivity contribution < 1.29 is 4.79 Å². The summed E-state index contributed by atoms with van der Waals surface area (Å²) in [5.41, 5.74) is 6.92. The predicted molar refractivity (Wildman–Crippen MR) is 68.5 cm³/mol. The number of hydrogen-bond donors (Lipinski definition) is 1. The summed E-state index contributed by atoms with van der Waals surface area (Å²) < 4.78 is 1.90. The minimum atomic E-state index is 0.0139. The van der Waals surface area contributed by atoms with Crippen molar-refractivity contribution in [2.75, 3.05) is 0 Å². The van der Waals surface area contributed by atoms with Crippen LogP contribution in [0.4, 0.5) is 0 Å². The van der Waals surface area contributed by atoms with E-state index in [0.29, 0.717) is 12.1 Å². The molecule has 15 heavy (non-hydrogen) atoms. The first-order valence-electron chi connectivity index (χ1n) is 4.39. The van der Waals surface area contributed by atoms with Crippen LogP contribution < -0.4 is 5.73 Å². The van der Waals surface area contributed by atoms with E-state index in [1.54, 1.807) is 6.92 Å². The van der Waals surface area contributed by atoms with Crippen LogP contribution in [0.15, 0.2) is 38.9 Å². The lowest BCUT2D eigenvalue weighted by atomic mass is 10.1. The quantitative estimate of drug-likeness (QED) is 0.864. The summed E-state index contributed by atoms with van der Waals surface area (Å²) in [6.07, 6.45) is 1.82. The molecule has 0 aliphatic carbocycles. The standard InChI is InChI=1S/C11H11Br2NO/c1-7(14)2-11(15)5-8-3-9(12)6-10(13)4-8/h2-4,6H,5,14H2,1H3/b7-2-. The maximum atomic E-state index is 11.5. The summed E-state index contributed by atoms with van der Waals surface area (Å²) in [5, 5.41) is 0. The Morgan fingerprint density at radius 2 is 1.87 bits per heavy atom. The Morgan fingerprint density at radius 3 is 2.33 bits per heavy atom. The molecule has 0 aromatic heterocycles. The molecule has 2 N–H and O–H groups in total. The van der Waals surface area contributed by atoms with Gasteiger partial charge in [0.1, 0.15) is 0 Å². The van der Waals surface area contributed by atoms with E-state index >= 15 is 0 Å². The number of halogens is 2. The van der Waals surface area contributed by atoms with Crippen LogP contribution in [-0.2, 0) is 11.2 Å². The lowest BCUT2D eigenvalue weighted by Gasteiger charge is -2.01. The predicted octanol–water partition coefficient (Wildman–Crippen LogP) is 3.19. The van der Waals surface area contributed by atoms with E-state index in [1.165, 1.54) is 6.08 Å². The molecule has 1 aromatic rings. The third kappa shape index (κ3) is 4.62. The molecule has 80 valence electrons. The number of nitrogens with two attached hydrogens (primary N) is 1. The van der Waals surface area contributed by atoms with Gasteiger partial charge in [0, 0.05) is 21.1 Å². The number of carbonyl (C=O) groups is 1. The van der Waals surface area contributed by atoms with Gasteiger partial charge in [-0.1, -0.05) is 31.9 Å². The van der Waals surface area contributed by atoms with Gasteiger partial charge in [-0.2, -0.15) is 0 Å². The second-order valence-corrected chi connectivity index (χ2v) is 5.14. The molecule has 0 amide bonds. The average molecular weight is 333 g/mol. The van der Waals surface area contributed by atoms with Crippen molar-refractivity contribution in [3.8, 4) is 0 Å². The van der Waals surface area contributed by atoms with Crippen molar-refractivity contribution >= 4 is 37.6 Å². The van der Waals surface area contributed by atoms with Crippen LogP contribution in [0, 0.1) is 0 Å². The third-order valence-corrected chi connectivity index (χ3v) is 2.61. The van der Waals surface area contributed by atoms with Crippen LogP contribution >= 0.6 is 31.9 Å². The van der Waals surface area contributed by atoms with Crippen LogP contribution in [0.25, 0.3) is 0 Å². The molecule has 0 aliphatic rings. The number of hydrogen-bond acceptors (Lipinski definition) is 2. The molecule has 2 nitrogen and oxygen atoms in total. The Hall–Kier alpha value is -0.610. The van der Waals surface area contributed by atoms with Crippen molar-refractivity contribution in [2.24, 2.45) is 5.73 Å². The zero-order chi connectivity index (χ0) is 11.4. The molecule has 0 fully saturated rings. The highest BCUT2D eigenvalue weighted by Gasteiger charge is 2.03. The van der Waals surface area contributed by atoms with E-state index in [2.05, 4.69) is 31.9 Å². The van der Waals surface area contributed by atoms with E-state index in [-0.39, 0.29) is 5.78 Å². The van der Waals surface area contributed by atoms with Crippen LogP contribution in [0.1, 0.15) is 12.5 Å². The van der Waals surface area contributed by atoms with E-state index in [0.717, 1.165) is 14.5 Å². The highest BCUT2D eigenvalue weighted by atomic mass is 79.9. The van der Waals surface area contributed by atoms with E-state index in [1.807, 2.05) is 18.2 Å². The summed E-state index contributed by atoms with van der Waals surface area (Å²) in [4.78, 5) is 11.5. The van der Waals surface area contributed by atoms with E-state index in [4.69, 9.17) is 5.73 Å². The van der Waals surface area contributed by atoms with Crippen molar-refractivity contribution in [3.63, 3.8) is 0 Å².